The van der Waals surface area contributed by atoms with Crippen LogP contribution in [-0.4, -0.2) is 53.3 Å². The first-order valence-electron chi connectivity index (χ1n) is 9.35. The van der Waals surface area contributed by atoms with Crippen LogP contribution in [0.25, 0.3) is 0 Å². The van der Waals surface area contributed by atoms with Crippen LogP contribution in [-0.2, 0) is 11.2 Å². The van der Waals surface area contributed by atoms with Crippen molar-refractivity contribution < 1.29 is 18.4 Å². The van der Waals surface area contributed by atoms with Gasteiger partial charge in [0, 0.05) is 57.0 Å². The standard InChI is InChI=1S/C21H23F2N3O2/c1-25(11-9-17-4-2-3-10-24-17)20(27)15-7-12-26(13-8-15)21(28)18-6-5-16(22)14-19(18)23/h2-6,10,14-15H,7-9,11-13H2,1H3. The van der Waals surface area contributed by atoms with Crippen LogP contribution in [0.4, 0.5) is 8.78 Å². The summed E-state index contributed by atoms with van der Waals surface area (Å²) in [4.78, 5) is 32.6. The van der Waals surface area contributed by atoms with Crippen molar-refractivity contribution in [1.29, 1.82) is 0 Å². The van der Waals surface area contributed by atoms with Crippen LogP contribution in [0, 0.1) is 17.6 Å². The molecule has 0 atom stereocenters. The lowest BCUT2D eigenvalue weighted by Gasteiger charge is -2.33. The Hall–Kier alpha value is -2.83. The maximum absolute atomic E-state index is 13.8. The van der Waals surface area contributed by atoms with E-state index in [4.69, 9.17) is 0 Å². The second kappa shape index (κ2) is 8.91. The van der Waals surface area contributed by atoms with Gasteiger partial charge >= 0.3 is 0 Å². The van der Waals surface area contributed by atoms with Gasteiger partial charge in [0.05, 0.1) is 5.56 Å². The molecule has 0 radical (unpaired) electrons. The Balaban J connectivity index is 1.51. The first-order valence-corrected chi connectivity index (χ1v) is 9.35. The van der Waals surface area contributed by atoms with Gasteiger partial charge in [-0.1, -0.05) is 6.07 Å². The Morgan fingerprint density at radius 2 is 1.93 bits per heavy atom. The van der Waals surface area contributed by atoms with Gasteiger partial charge in [-0.2, -0.15) is 0 Å². The number of benzene rings is 1. The van der Waals surface area contributed by atoms with Gasteiger partial charge in [-0.25, -0.2) is 8.78 Å². The molecule has 2 amide bonds. The van der Waals surface area contributed by atoms with Crippen molar-refractivity contribution in [3.05, 3.63) is 65.5 Å². The molecule has 2 aromatic rings. The summed E-state index contributed by atoms with van der Waals surface area (Å²) in [6.45, 7) is 1.33. The second-order valence-corrected chi connectivity index (χ2v) is 7.02. The van der Waals surface area contributed by atoms with Gasteiger partial charge in [0.2, 0.25) is 5.91 Å². The number of piperidine rings is 1. The molecular weight excluding hydrogens is 364 g/mol. The highest BCUT2D eigenvalue weighted by Gasteiger charge is 2.30. The molecule has 0 unspecified atom stereocenters. The minimum Gasteiger partial charge on any atom is -0.345 e. The molecule has 0 bridgehead atoms. The van der Waals surface area contributed by atoms with Gasteiger partial charge in [0.25, 0.3) is 5.91 Å². The predicted molar refractivity (Wildman–Crippen MR) is 101 cm³/mol. The van der Waals surface area contributed by atoms with E-state index in [1.165, 1.54) is 4.90 Å². The molecule has 5 nitrogen and oxygen atoms in total. The highest BCUT2D eigenvalue weighted by molar-refractivity contribution is 5.94. The number of hydrogen-bond donors (Lipinski definition) is 0. The average molecular weight is 387 g/mol. The van der Waals surface area contributed by atoms with E-state index in [-0.39, 0.29) is 17.4 Å². The first kappa shape index (κ1) is 19.9. The summed E-state index contributed by atoms with van der Waals surface area (Å²) in [5.41, 5.74) is 0.794. The maximum atomic E-state index is 13.8. The largest absolute Gasteiger partial charge is 0.345 e. The zero-order chi connectivity index (χ0) is 20.1. The third kappa shape index (κ3) is 4.71. The lowest BCUT2D eigenvalue weighted by Crippen LogP contribution is -2.44. The number of rotatable bonds is 5. The molecular formula is C21H23F2N3O2. The fraction of sp³-hybridized carbons (Fsp3) is 0.381. The normalized spacial score (nSPS) is 14.8. The molecule has 1 aromatic heterocycles. The molecule has 28 heavy (non-hydrogen) atoms. The molecule has 0 N–H and O–H groups in total. The Morgan fingerprint density at radius 3 is 2.57 bits per heavy atom. The molecule has 0 spiro atoms. The number of likely N-dealkylation sites (tertiary alicyclic amines) is 1. The van der Waals surface area contributed by atoms with Crippen molar-refractivity contribution in [3.63, 3.8) is 0 Å². The zero-order valence-corrected chi connectivity index (χ0v) is 15.8. The Kier molecular flexibility index (Phi) is 6.34. The van der Waals surface area contributed by atoms with Gasteiger partial charge in [0.1, 0.15) is 11.6 Å². The number of amides is 2. The zero-order valence-electron chi connectivity index (χ0n) is 15.8. The fourth-order valence-electron chi connectivity index (χ4n) is 3.41. The Bertz CT molecular complexity index is 837. The van der Waals surface area contributed by atoms with Gasteiger partial charge in [0.15, 0.2) is 0 Å². The van der Waals surface area contributed by atoms with E-state index in [9.17, 15) is 18.4 Å². The van der Waals surface area contributed by atoms with Crippen molar-refractivity contribution in [2.45, 2.75) is 19.3 Å². The lowest BCUT2D eigenvalue weighted by atomic mass is 9.94. The van der Waals surface area contributed by atoms with E-state index in [2.05, 4.69) is 4.98 Å². The molecule has 1 aromatic carbocycles. The lowest BCUT2D eigenvalue weighted by molar-refractivity contribution is -0.135. The molecule has 7 heteroatoms. The number of nitrogens with zero attached hydrogens (tertiary/aromatic N) is 3. The Morgan fingerprint density at radius 1 is 1.18 bits per heavy atom. The number of aromatic nitrogens is 1. The molecule has 3 rings (SSSR count). The minimum absolute atomic E-state index is 0.0518. The molecule has 1 saturated heterocycles. The molecule has 1 fully saturated rings. The Labute approximate surface area is 163 Å². The van der Waals surface area contributed by atoms with E-state index >= 15 is 0 Å². The number of halogens is 2. The first-order chi connectivity index (χ1) is 13.5. The van der Waals surface area contributed by atoms with Crippen molar-refractivity contribution in [3.8, 4) is 0 Å². The smallest absolute Gasteiger partial charge is 0.256 e. The molecule has 2 heterocycles. The van der Waals surface area contributed by atoms with E-state index in [1.807, 2.05) is 18.2 Å². The maximum Gasteiger partial charge on any atom is 0.256 e. The predicted octanol–water partition coefficient (Wildman–Crippen LogP) is 2.91. The van der Waals surface area contributed by atoms with Crippen LogP contribution < -0.4 is 0 Å². The van der Waals surface area contributed by atoms with Crippen molar-refractivity contribution >= 4 is 11.8 Å². The van der Waals surface area contributed by atoms with E-state index in [0.717, 1.165) is 17.8 Å². The van der Waals surface area contributed by atoms with Crippen LogP contribution in [0.1, 0.15) is 28.9 Å². The van der Waals surface area contributed by atoms with E-state index in [1.54, 1.807) is 18.1 Å². The molecule has 0 saturated carbocycles. The van der Waals surface area contributed by atoms with Gasteiger partial charge in [-0.3, -0.25) is 14.6 Å². The summed E-state index contributed by atoms with van der Waals surface area (Å²) in [7, 11) is 1.77. The third-order valence-electron chi connectivity index (χ3n) is 5.10. The summed E-state index contributed by atoms with van der Waals surface area (Å²) in [6.07, 6.45) is 3.47. The SMILES string of the molecule is CN(CCc1ccccn1)C(=O)C1CCN(C(=O)c2ccc(F)cc2F)CC1. The van der Waals surface area contributed by atoms with Gasteiger partial charge in [-0.15, -0.1) is 0 Å². The van der Waals surface area contributed by atoms with Crippen molar-refractivity contribution in [2.24, 2.45) is 5.92 Å². The van der Waals surface area contributed by atoms with Crippen molar-refractivity contribution in [1.82, 2.24) is 14.8 Å². The highest BCUT2D eigenvalue weighted by atomic mass is 19.1. The highest BCUT2D eigenvalue weighted by Crippen LogP contribution is 2.22. The summed E-state index contributed by atoms with van der Waals surface area (Å²) in [5.74, 6) is -2.15. The fourth-order valence-corrected chi connectivity index (χ4v) is 3.41. The summed E-state index contributed by atoms with van der Waals surface area (Å²) >= 11 is 0. The summed E-state index contributed by atoms with van der Waals surface area (Å²) < 4.78 is 26.9. The number of carbonyl (C=O) groups excluding carboxylic acids is 2. The van der Waals surface area contributed by atoms with Crippen LogP contribution in [0.15, 0.2) is 42.6 Å². The van der Waals surface area contributed by atoms with E-state index in [0.29, 0.717) is 45.0 Å². The molecule has 1 aliphatic heterocycles. The number of pyridine rings is 1. The number of hydrogen-bond acceptors (Lipinski definition) is 3. The summed E-state index contributed by atoms with van der Waals surface area (Å²) in [5, 5.41) is 0. The van der Waals surface area contributed by atoms with E-state index < -0.39 is 17.5 Å². The molecule has 148 valence electrons. The second-order valence-electron chi connectivity index (χ2n) is 7.02. The van der Waals surface area contributed by atoms with Crippen LogP contribution in [0.2, 0.25) is 0 Å². The van der Waals surface area contributed by atoms with Crippen LogP contribution in [0.3, 0.4) is 0 Å². The quantitative estimate of drug-likeness (QED) is 0.793. The third-order valence-corrected chi connectivity index (χ3v) is 5.10. The number of carbonyl (C=O) groups is 2. The molecule has 1 aliphatic rings. The number of likely N-dealkylation sites (N-methyl/N-ethyl adjacent to an activating group) is 1. The average Bonchev–Trinajstić information content (AvgIpc) is 2.72. The van der Waals surface area contributed by atoms with Crippen LogP contribution in [0.5, 0.6) is 0 Å². The topological polar surface area (TPSA) is 53.5 Å². The van der Waals surface area contributed by atoms with Gasteiger partial charge in [-0.05, 0) is 37.1 Å². The van der Waals surface area contributed by atoms with Crippen LogP contribution >= 0.6 is 0 Å². The monoisotopic (exact) mass is 387 g/mol. The summed E-state index contributed by atoms with van der Waals surface area (Å²) in [6, 6.07) is 8.64. The minimum atomic E-state index is -0.863. The molecule has 0 aliphatic carbocycles. The van der Waals surface area contributed by atoms with Gasteiger partial charge < -0.3 is 9.80 Å². The van der Waals surface area contributed by atoms with Crippen molar-refractivity contribution in [2.75, 3.05) is 26.7 Å².